The summed E-state index contributed by atoms with van der Waals surface area (Å²) < 4.78 is 0. The zero-order valence-corrected chi connectivity index (χ0v) is 14.3. The highest BCUT2D eigenvalue weighted by Crippen LogP contribution is 2.14. The van der Waals surface area contributed by atoms with Crippen LogP contribution in [0.1, 0.15) is 39.2 Å². The van der Waals surface area contributed by atoms with Gasteiger partial charge in [0.2, 0.25) is 0 Å². The largest absolute Gasteiger partial charge is 0.346 e. The maximum Gasteiger partial charge on any atom is 0.255 e. The summed E-state index contributed by atoms with van der Waals surface area (Å²) in [7, 11) is 0. The molecule has 0 aliphatic carbocycles. The number of amides is 2. The molecule has 0 saturated carbocycles. The van der Waals surface area contributed by atoms with E-state index in [-0.39, 0.29) is 17.9 Å². The van der Waals surface area contributed by atoms with Crippen LogP contribution in [0.15, 0.2) is 79.1 Å². The molecular formula is C21H19N3O2. The van der Waals surface area contributed by atoms with Gasteiger partial charge in [0.1, 0.15) is 0 Å². The number of carbonyl (C=O) groups is 2. The van der Waals surface area contributed by atoms with Gasteiger partial charge in [-0.3, -0.25) is 14.6 Å². The molecule has 0 aliphatic heterocycles. The molecule has 2 amide bonds. The van der Waals surface area contributed by atoms with E-state index < -0.39 is 0 Å². The Kier molecular flexibility index (Phi) is 5.39. The van der Waals surface area contributed by atoms with Crippen molar-refractivity contribution < 1.29 is 9.59 Å². The number of hydrogen-bond acceptors (Lipinski definition) is 3. The van der Waals surface area contributed by atoms with Crippen molar-refractivity contribution in [2.75, 3.05) is 5.32 Å². The molecule has 3 rings (SSSR count). The molecule has 5 nitrogen and oxygen atoms in total. The average Bonchev–Trinajstić information content (AvgIpc) is 2.69. The van der Waals surface area contributed by atoms with Crippen molar-refractivity contribution >= 4 is 17.5 Å². The van der Waals surface area contributed by atoms with Gasteiger partial charge in [-0.05, 0) is 48.9 Å². The van der Waals surface area contributed by atoms with E-state index in [4.69, 9.17) is 0 Å². The third-order valence-corrected chi connectivity index (χ3v) is 3.99. The van der Waals surface area contributed by atoms with E-state index >= 15 is 0 Å². The van der Waals surface area contributed by atoms with Crippen LogP contribution in [0.25, 0.3) is 0 Å². The van der Waals surface area contributed by atoms with E-state index in [1.54, 1.807) is 48.8 Å². The van der Waals surface area contributed by atoms with Gasteiger partial charge >= 0.3 is 0 Å². The second-order valence-corrected chi connectivity index (χ2v) is 5.87. The number of rotatable bonds is 5. The highest BCUT2D eigenvalue weighted by atomic mass is 16.2. The number of hydrogen-bond donors (Lipinski definition) is 2. The molecule has 1 aromatic heterocycles. The Morgan fingerprint density at radius 1 is 0.808 bits per heavy atom. The summed E-state index contributed by atoms with van der Waals surface area (Å²) in [5, 5.41) is 5.76. The first-order chi connectivity index (χ1) is 12.6. The molecule has 3 aromatic rings. The Bertz CT molecular complexity index is 878. The molecule has 0 aliphatic rings. The fourth-order valence-corrected chi connectivity index (χ4v) is 2.52. The van der Waals surface area contributed by atoms with E-state index in [9.17, 15) is 9.59 Å². The predicted octanol–water partition coefficient (Wildman–Crippen LogP) is 3.82. The number of nitrogens with one attached hydrogen (secondary N) is 2. The van der Waals surface area contributed by atoms with Gasteiger partial charge < -0.3 is 10.6 Å². The summed E-state index contributed by atoms with van der Waals surface area (Å²) in [5.74, 6) is -0.379. The molecule has 0 fully saturated rings. The molecule has 1 atom stereocenters. The number of anilines is 1. The molecule has 0 radical (unpaired) electrons. The fraction of sp³-hybridized carbons (Fsp3) is 0.0952. The van der Waals surface area contributed by atoms with E-state index in [1.165, 1.54) is 0 Å². The van der Waals surface area contributed by atoms with Crippen LogP contribution in [0.3, 0.4) is 0 Å². The van der Waals surface area contributed by atoms with Crippen LogP contribution in [0.4, 0.5) is 5.69 Å². The van der Waals surface area contributed by atoms with Crippen molar-refractivity contribution in [3.8, 4) is 0 Å². The third-order valence-electron chi connectivity index (χ3n) is 3.99. The number of aromatic nitrogens is 1. The molecule has 130 valence electrons. The number of pyridine rings is 1. The van der Waals surface area contributed by atoms with Crippen LogP contribution >= 0.6 is 0 Å². The molecule has 2 N–H and O–H groups in total. The molecule has 0 bridgehead atoms. The summed E-state index contributed by atoms with van der Waals surface area (Å²) in [6.45, 7) is 1.94. The molecule has 0 saturated heterocycles. The first kappa shape index (κ1) is 17.4. The highest BCUT2D eigenvalue weighted by Gasteiger charge is 2.11. The zero-order chi connectivity index (χ0) is 18.4. The van der Waals surface area contributed by atoms with Crippen molar-refractivity contribution in [3.05, 3.63) is 95.8 Å². The summed E-state index contributed by atoms with van der Waals surface area (Å²) in [5.41, 5.74) is 2.73. The summed E-state index contributed by atoms with van der Waals surface area (Å²) in [6.07, 6.45) is 3.13. The van der Waals surface area contributed by atoms with E-state index in [2.05, 4.69) is 15.6 Å². The maximum absolute atomic E-state index is 12.4. The quantitative estimate of drug-likeness (QED) is 0.738. The average molecular weight is 345 g/mol. The minimum atomic E-state index is -0.220. The van der Waals surface area contributed by atoms with Gasteiger partial charge in [-0.2, -0.15) is 0 Å². The van der Waals surface area contributed by atoms with Crippen molar-refractivity contribution in [2.24, 2.45) is 0 Å². The summed E-state index contributed by atoms with van der Waals surface area (Å²) >= 11 is 0. The van der Waals surface area contributed by atoms with Crippen LogP contribution in [-0.2, 0) is 0 Å². The molecule has 5 heteroatoms. The second-order valence-electron chi connectivity index (χ2n) is 5.87. The van der Waals surface area contributed by atoms with Gasteiger partial charge in [0.25, 0.3) is 11.8 Å². The van der Waals surface area contributed by atoms with E-state index in [1.807, 2.05) is 37.3 Å². The standard InChI is InChI=1S/C21H19N3O2/c1-15(16-5-3-2-4-6-16)23-20(25)17-7-9-19(10-8-17)24-21(26)18-11-13-22-14-12-18/h2-15H,1H3,(H,23,25)(H,24,26)/t15-/m0/s1. The first-order valence-corrected chi connectivity index (χ1v) is 8.31. The number of benzene rings is 2. The third kappa shape index (κ3) is 4.33. The first-order valence-electron chi connectivity index (χ1n) is 8.31. The SMILES string of the molecule is C[C@H](NC(=O)c1ccc(NC(=O)c2ccncc2)cc1)c1ccccc1. The normalized spacial score (nSPS) is 11.4. The lowest BCUT2D eigenvalue weighted by Gasteiger charge is -2.14. The molecule has 1 heterocycles. The molecule has 26 heavy (non-hydrogen) atoms. The minimum absolute atomic E-state index is 0.0882. The lowest BCUT2D eigenvalue weighted by Crippen LogP contribution is -2.26. The lowest BCUT2D eigenvalue weighted by molar-refractivity contribution is 0.0939. The molecule has 0 spiro atoms. The Hall–Kier alpha value is -3.47. The fourth-order valence-electron chi connectivity index (χ4n) is 2.52. The number of nitrogens with zero attached hydrogens (tertiary/aromatic N) is 1. The van der Waals surface area contributed by atoms with Gasteiger partial charge in [-0.15, -0.1) is 0 Å². The predicted molar refractivity (Wildman–Crippen MR) is 101 cm³/mol. The smallest absolute Gasteiger partial charge is 0.255 e. The maximum atomic E-state index is 12.4. The van der Waals surface area contributed by atoms with Crippen molar-refractivity contribution in [3.63, 3.8) is 0 Å². The highest BCUT2D eigenvalue weighted by molar-refractivity contribution is 6.04. The van der Waals surface area contributed by atoms with E-state index in [0.29, 0.717) is 16.8 Å². The van der Waals surface area contributed by atoms with Crippen molar-refractivity contribution in [2.45, 2.75) is 13.0 Å². The van der Waals surface area contributed by atoms with Gasteiger partial charge in [0, 0.05) is 29.2 Å². The molecule has 2 aromatic carbocycles. The number of carbonyl (C=O) groups excluding carboxylic acids is 2. The van der Waals surface area contributed by atoms with Crippen molar-refractivity contribution in [1.82, 2.24) is 10.3 Å². The topological polar surface area (TPSA) is 71.1 Å². The van der Waals surface area contributed by atoms with E-state index in [0.717, 1.165) is 5.56 Å². The zero-order valence-electron chi connectivity index (χ0n) is 14.3. The van der Waals surface area contributed by atoms with Crippen LogP contribution < -0.4 is 10.6 Å². The van der Waals surface area contributed by atoms with Crippen molar-refractivity contribution in [1.29, 1.82) is 0 Å². The van der Waals surface area contributed by atoms with Crippen LogP contribution in [0.2, 0.25) is 0 Å². The molecular weight excluding hydrogens is 326 g/mol. The molecule has 0 unspecified atom stereocenters. The van der Waals surface area contributed by atoms with Gasteiger partial charge in [0.05, 0.1) is 6.04 Å². The van der Waals surface area contributed by atoms with Crippen LogP contribution in [0, 0.1) is 0 Å². The van der Waals surface area contributed by atoms with Crippen LogP contribution in [-0.4, -0.2) is 16.8 Å². The Labute approximate surface area is 152 Å². The Balaban J connectivity index is 1.62. The Morgan fingerprint density at radius 2 is 1.42 bits per heavy atom. The van der Waals surface area contributed by atoms with Gasteiger partial charge in [0.15, 0.2) is 0 Å². The van der Waals surface area contributed by atoms with Crippen LogP contribution in [0.5, 0.6) is 0 Å². The van der Waals surface area contributed by atoms with Gasteiger partial charge in [-0.1, -0.05) is 30.3 Å². The lowest BCUT2D eigenvalue weighted by atomic mass is 10.1. The summed E-state index contributed by atoms with van der Waals surface area (Å²) in [6, 6.07) is 19.8. The van der Waals surface area contributed by atoms with Gasteiger partial charge in [-0.25, -0.2) is 0 Å². The minimum Gasteiger partial charge on any atom is -0.346 e. The second kappa shape index (κ2) is 8.07. The summed E-state index contributed by atoms with van der Waals surface area (Å²) in [4.78, 5) is 28.4. The monoisotopic (exact) mass is 345 g/mol. The Morgan fingerprint density at radius 3 is 2.08 bits per heavy atom.